The number of ketones is 1. The van der Waals surface area contributed by atoms with Crippen LogP contribution in [0.1, 0.15) is 22.3 Å². The van der Waals surface area contributed by atoms with E-state index in [0.717, 1.165) is 16.5 Å². The highest BCUT2D eigenvalue weighted by molar-refractivity contribution is 8.93. The van der Waals surface area contributed by atoms with Crippen LogP contribution in [0, 0.1) is 0 Å². The molecule has 1 aliphatic carbocycles. The van der Waals surface area contributed by atoms with Crippen molar-refractivity contribution in [3.63, 3.8) is 0 Å². The molecule has 0 aromatic heterocycles. The van der Waals surface area contributed by atoms with E-state index in [4.69, 9.17) is 0 Å². The van der Waals surface area contributed by atoms with Gasteiger partial charge >= 0.3 is 0 Å². The average Bonchev–Trinajstić information content (AvgIpc) is 2.81. The Morgan fingerprint density at radius 2 is 1.19 bits per heavy atom. The molecule has 1 nitrogen and oxygen atoms in total. The van der Waals surface area contributed by atoms with E-state index in [1.807, 2.05) is 6.08 Å². The van der Waals surface area contributed by atoms with E-state index in [1.165, 1.54) is 59.2 Å². The fraction of sp³-hybridized carbons (Fsp3) is 0.0333. The summed E-state index contributed by atoms with van der Waals surface area (Å²) in [6, 6.07) is 26.7. The Hall–Kier alpha value is -3.49. The molecule has 32 heavy (non-hydrogen) atoms. The summed E-state index contributed by atoms with van der Waals surface area (Å²) in [5.74, 6) is 0.214. The third-order valence-corrected chi connectivity index (χ3v) is 7.26. The van der Waals surface area contributed by atoms with Crippen LogP contribution >= 0.6 is 17.0 Å². The van der Waals surface area contributed by atoms with Crippen LogP contribution in [0.5, 0.6) is 0 Å². The van der Waals surface area contributed by atoms with Gasteiger partial charge in [-0.25, -0.2) is 0 Å². The van der Waals surface area contributed by atoms with Gasteiger partial charge in [0.15, 0.2) is 5.78 Å². The summed E-state index contributed by atoms with van der Waals surface area (Å²) in [7, 11) is 0. The molecule has 0 spiro atoms. The van der Waals surface area contributed by atoms with Gasteiger partial charge in [0, 0.05) is 12.0 Å². The van der Waals surface area contributed by atoms with Gasteiger partial charge in [0.1, 0.15) is 0 Å². The summed E-state index contributed by atoms with van der Waals surface area (Å²) in [5, 5.41) is 15.4. The van der Waals surface area contributed by atoms with E-state index in [0.29, 0.717) is 6.42 Å². The Balaban J connectivity index is 0.00000180. The van der Waals surface area contributed by atoms with Crippen molar-refractivity contribution in [1.82, 2.24) is 0 Å². The van der Waals surface area contributed by atoms with E-state index in [1.54, 1.807) is 0 Å². The monoisotopic (exact) mass is 472 g/mol. The normalized spacial score (nSPS) is 13.8. The van der Waals surface area contributed by atoms with Gasteiger partial charge in [-0.3, -0.25) is 4.79 Å². The van der Waals surface area contributed by atoms with Crippen molar-refractivity contribution in [1.29, 1.82) is 0 Å². The first-order valence-electron chi connectivity index (χ1n) is 10.8. The molecule has 7 aromatic carbocycles. The largest absolute Gasteiger partial charge is 0.294 e. The van der Waals surface area contributed by atoms with E-state index in [-0.39, 0.29) is 22.8 Å². The third-order valence-electron chi connectivity index (χ3n) is 7.26. The minimum atomic E-state index is 0. The second-order valence-electron chi connectivity index (χ2n) is 8.84. The highest BCUT2D eigenvalue weighted by Crippen LogP contribution is 2.46. The summed E-state index contributed by atoms with van der Waals surface area (Å²) in [5.41, 5.74) is 1.93. The van der Waals surface area contributed by atoms with Crippen molar-refractivity contribution in [2.75, 3.05) is 0 Å². The lowest BCUT2D eigenvalue weighted by atomic mass is 9.82. The van der Waals surface area contributed by atoms with Crippen LogP contribution in [-0.4, -0.2) is 5.78 Å². The fourth-order valence-corrected chi connectivity index (χ4v) is 5.97. The van der Waals surface area contributed by atoms with Crippen LogP contribution in [0.15, 0.2) is 78.9 Å². The fourth-order valence-electron chi connectivity index (χ4n) is 5.97. The van der Waals surface area contributed by atoms with E-state index in [9.17, 15) is 4.79 Å². The lowest BCUT2D eigenvalue weighted by Gasteiger charge is -2.21. The highest BCUT2D eigenvalue weighted by atomic mass is 79.9. The maximum Gasteiger partial charge on any atom is 0.167 e. The number of rotatable bonds is 0. The van der Waals surface area contributed by atoms with Crippen LogP contribution in [0.25, 0.3) is 70.7 Å². The predicted octanol–water partition coefficient (Wildman–Crippen LogP) is 8.66. The molecule has 0 fully saturated rings. The summed E-state index contributed by atoms with van der Waals surface area (Å²) in [4.78, 5) is 12.7. The first kappa shape index (κ1) is 18.1. The summed E-state index contributed by atoms with van der Waals surface area (Å²) in [6.07, 6.45) is 4.63. The van der Waals surface area contributed by atoms with Gasteiger partial charge in [-0.15, -0.1) is 17.0 Å². The van der Waals surface area contributed by atoms with E-state index < -0.39 is 0 Å². The van der Waals surface area contributed by atoms with Crippen molar-refractivity contribution < 1.29 is 4.79 Å². The number of hydrogen-bond donors (Lipinski definition) is 0. The molecule has 150 valence electrons. The zero-order valence-electron chi connectivity index (χ0n) is 17.1. The summed E-state index contributed by atoms with van der Waals surface area (Å²) >= 11 is 0. The Labute approximate surface area is 194 Å². The molecule has 0 aliphatic heterocycles. The molecule has 1 aliphatic rings. The minimum Gasteiger partial charge on any atom is -0.294 e. The van der Waals surface area contributed by atoms with Crippen molar-refractivity contribution in [2.45, 2.75) is 6.42 Å². The maximum absolute atomic E-state index is 12.7. The van der Waals surface area contributed by atoms with Crippen molar-refractivity contribution in [3.05, 3.63) is 90.0 Å². The Bertz CT molecular complexity index is 1930. The molecule has 8 rings (SSSR count). The second kappa shape index (κ2) is 6.05. The van der Waals surface area contributed by atoms with Gasteiger partial charge < -0.3 is 0 Å². The van der Waals surface area contributed by atoms with Crippen molar-refractivity contribution in [2.24, 2.45) is 0 Å². The number of benzene rings is 7. The SMILES string of the molecule is Br.O=C1CC=Cc2c1cc1ccc3cc4c5ccccc5cc5ccc6cc2c1c3c6c54. The molecule has 0 amide bonds. The van der Waals surface area contributed by atoms with Crippen LogP contribution in [0.4, 0.5) is 0 Å². The molecule has 0 heterocycles. The number of allylic oxidation sites excluding steroid dienone is 1. The lowest BCUT2D eigenvalue weighted by molar-refractivity contribution is 0.0995. The van der Waals surface area contributed by atoms with Crippen LogP contribution < -0.4 is 0 Å². The minimum absolute atomic E-state index is 0. The number of carbonyl (C=O) groups is 1. The van der Waals surface area contributed by atoms with Crippen molar-refractivity contribution >= 4 is 93.5 Å². The van der Waals surface area contributed by atoms with Gasteiger partial charge in [0.25, 0.3) is 0 Å². The number of Topliss-reactive ketones (excluding diaryl/α,β-unsaturated/α-hetero) is 1. The standard InChI is InChI=1S/C30H16O.BrH/c31-26-7-3-6-22-23(26)13-18-9-11-19-14-24-21-5-2-1-4-16(21)12-17-8-10-20-15-25(22)28(18)30(19)29(20)27(17)24;/h1-6,8-15H,7H2;1H. The zero-order valence-corrected chi connectivity index (χ0v) is 18.8. The van der Waals surface area contributed by atoms with Crippen LogP contribution in [-0.2, 0) is 0 Å². The highest BCUT2D eigenvalue weighted by Gasteiger charge is 2.22. The van der Waals surface area contributed by atoms with Gasteiger partial charge in [-0.05, 0) is 94.5 Å². The molecule has 0 radical (unpaired) electrons. The summed E-state index contributed by atoms with van der Waals surface area (Å²) < 4.78 is 0. The van der Waals surface area contributed by atoms with Crippen LogP contribution in [0.3, 0.4) is 0 Å². The Morgan fingerprint density at radius 3 is 1.97 bits per heavy atom. The van der Waals surface area contributed by atoms with Gasteiger partial charge in [0.05, 0.1) is 0 Å². The number of fused-ring (bicyclic) bond motifs is 4. The first-order chi connectivity index (χ1) is 15.3. The quantitative estimate of drug-likeness (QED) is 0.159. The maximum atomic E-state index is 12.7. The van der Waals surface area contributed by atoms with Gasteiger partial charge in [-0.2, -0.15) is 0 Å². The molecule has 0 bridgehead atoms. The predicted molar refractivity (Wildman–Crippen MR) is 142 cm³/mol. The molecule has 0 saturated heterocycles. The van der Waals surface area contributed by atoms with Crippen LogP contribution in [0.2, 0.25) is 0 Å². The molecular formula is C30H17BrO. The molecular weight excluding hydrogens is 456 g/mol. The Kier molecular flexibility index (Phi) is 3.43. The number of carbonyl (C=O) groups excluding carboxylic acids is 1. The molecule has 0 saturated carbocycles. The lowest BCUT2D eigenvalue weighted by Crippen LogP contribution is -2.05. The topological polar surface area (TPSA) is 17.1 Å². The van der Waals surface area contributed by atoms with E-state index in [2.05, 4.69) is 78.9 Å². The molecule has 0 atom stereocenters. The van der Waals surface area contributed by atoms with E-state index >= 15 is 0 Å². The van der Waals surface area contributed by atoms with Gasteiger partial charge in [0.2, 0.25) is 0 Å². The summed E-state index contributed by atoms with van der Waals surface area (Å²) in [6.45, 7) is 0. The van der Waals surface area contributed by atoms with Gasteiger partial charge in [-0.1, -0.05) is 60.7 Å². The second-order valence-corrected chi connectivity index (χ2v) is 8.84. The molecule has 0 N–H and O–H groups in total. The molecule has 7 aromatic rings. The number of hydrogen-bond acceptors (Lipinski definition) is 1. The molecule has 0 unspecified atom stereocenters. The molecule has 2 heteroatoms. The van der Waals surface area contributed by atoms with Crippen molar-refractivity contribution in [3.8, 4) is 0 Å². The first-order valence-corrected chi connectivity index (χ1v) is 10.8. The average molecular weight is 473 g/mol. The third kappa shape index (κ3) is 2.06. The zero-order chi connectivity index (χ0) is 20.3. The smallest absolute Gasteiger partial charge is 0.167 e. The number of halogens is 1. The Morgan fingerprint density at radius 1 is 0.562 bits per heavy atom.